The van der Waals surface area contributed by atoms with E-state index in [-0.39, 0.29) is 16.9 Å². The van der Waals surface area contributed by atoms with E-state index in [2.05, 4.69) is 11.3 Å². The highest BCUT2D eigenvalue weighted by Gasteiger charge is 2.17. The van der Waals surface area contributed by atoms with Gasteiger partial charge in [0.1, 0.15) is 0 Å². The predicted octanol–water partition coefficient (Wildman–Crippen LogP) is 0.778. The molecule has 17 heavy (non-hydrogen) atoms. The van der Waals surface area contributed by atoms with Crippen molar-refractivity contribution in [3.8, 4) is 0 Å². The molecule has 0 bridgehead atoms. The van der Waals surface area contributed by atoms with E-state index in [0.717, 1.165) is 0 Å². The largest absolute Gasteiger partial charge is 0.478 e. The summed E-state index contributed by atoms with van der Waals surface area (Å²) in [5.41, 5.74) is 0.359. The van der Waals surface area contributed by atoms with Crippen molar-refractivity contribution in [1.82, 2.24) is 4.72 Å². The number of nitrogens with one attached hydrogen (secondary N) is 1. The Morgan fingerprint density at radius 1 is 1.41 bits per heavy atom. The number of benzene rings is 1. The van der Waals surface area contributed by atoms with Crippen molar-refractivity contribution in [2.75, 3.05) is 7.05 Å². The molecular weight excluding hydrogens is 242 g/mol. The maximum absolute atomic E-state index is 11.7. The van der Waals surface area contributed by atoms with Crippen molar-refractivity contribution >= 4 is 16.0 Å². The minimum Gasteiger partial charge on any atom is -0.478 e. The standard InChI is InChI=1S/C11H13NO4S/c1-8(11(13)14)7-9-5-3-4-6-10(9)17(15,16)12-2/h3-6,12H,1,7H2,2H3,(H,13,14). The number of rotatable bonds is 5. The first-order valence-corrected chi connectivity index (χ1v) is 6.29. The number of hydrogen-bond acceptors (Lipinski definition) is 3. The molecule has 0 aromatic heterocycles. The van der Waals surface area contributed by atoms with Gasteiger partial charge in [0.05, 0.1) is 4.90 Å². The minimum absolute atomic E-state index is 0.00752. The number of hydrogen-bond donors (Lipinski definition) is 2. The SMILES string of the molecule is C=C(Cc1ccccc1S(=O)(=O)NC)C(=O)O. The molecule has 1 rings (SSSR count). The van der Waals surface area contributed by atoms with Crippen molar-refractivity contribution in [3.05, 3.63) is 42.0 Å². The van der Waals surface area contributed by atoms with Crippen molar-refractivity contribution in [1.29, 1.82) is 0 Å². The number of carboxylic acids is 1. The van der Waals surface area contributed by atoms with Crippen LogP contribution in [0.5, 0.6) is 0 Å². The molecule has 0 radical (unpaired) electrons. The van der Waals surface area contributed by atoms with Crippen LogP contribution >= 0.6 is 0 Å². The Balaban J connectivity index is 3.18. The second kappa shape index (κ2) is 5.11. The van der Waals surface area contributed by atoms with Gasteiger partial charge in [-0.2, -0.15) is 0 Å². The molecular formula is C11H13NO4S. The number of sulfonamides is 1. The molecule has 5 nitrogen and oxygen atoms in total. The fraction of sp³-hybridized carbons (Fsp3) is 0.182. The monoisotopic (exact) mass is 255 g/mol. The average Bonchev–Trinajstić information content (AvgIpc) is 2.29. The van der Waals surface area contributed by atoms with Gasteiger partial charge < -0.3 is 5.11 Å². The van der Waals surface area contributed by atoms with Crippen molar-refractivity contribution < 1.29 is 18.3 Å². The van der Waals surface area contributed by atoms with Gasteiger partial charge in [0.25, 0.3) is 0 Å². The van der Waals surface area contributed by atoms with Crippen LogP contribution in [0.15, 0.2) is 41.3 Å². The highest BCUT2D eigenvalue weighted by Crippen LogP contribution is 2.17. The Labute approximate surface area is 99.8 Å². The zero-order valence-electron chi connectivity index (χ0n) is 9.30. The summed E-state index contributed by atoms with van der Waals surface area (Å²) in [5, 5.41) is 8.73. The highest BCUT2D eigenvalue weighted by atomic mass is 32.2. The molecule has 0 heterocycles. The topological polar surface area (TPSA) is 83.5 Å². The van der Waals surface area contributed by atoms with Gasteiger partial charge in [-0.05, 0) is 18.7 Å². The fourth-order valence-electron chi connectivity index (χ4n) is 1.33. The Morgan fingerprint density at radius 2 is 2.00 bits per heavy atom. The molecule has 0 atom stereocenters. The fourth-order valence-corrected chi connectivity index (χ4v) is 2.29. The lowest BCUT2D eigenvalue weighted by atomic mass is 10.1. The summed E-state index contributed by atoms with van der Waals surface area (Å²) in [4.78, 5) is 10.7. The number of aliphatic carboxylic acids is 1. The van der Waals surface area contributed by atoms with Gasteiger partial charge in [0.2, 0.25) is 10.0 Å². The molecule has 0 spiro atoms. The summed E-state index contributed by atoms with van der Waals surface area (Å²) < 4.78 is 25.6. The molecule has 0 aliphatic rings. The van der Waals surface area contributed by atoms with Crippen LogP contribution in [0.4, 0.5) is 0 Å². The van der Waals surface area contributed by atoms with Crippen LogP contribution in [0, 0.1) is 0 Å². The lowest BCUT2D eigenvalue weighted by Gasteiger charge is -2.09. The summed E-state index contributed by atoms with van der Waals surface area (Å²) in [6.07, 6.45) is -0.00752. The molecule has 0 fully saturated rings. The third kappa shape index (κ3) is 3.15. The van der Waals surface area contributed by atoms with Gasteiger partial charge in [-0.15, -0.1) is 0 Å². The van der Waals surface area contributed by atoms with Gasteiger partial charge in [-0.3, -0.25) is 0 Å². The van der Waals surface area contributed by atoms with Gasteiger partial charge in [-0.25, -0.2) is 17.9 Å². The Hall–Kier alpha value is -1.66. The molecule has 0 saturated carbocycles. The van der Waals surface area contributed by atoms with Gasteiger partial charge >= 0.3 is 5.97 Å². The van der Waals surface area contributed by atoms with Crippen LogP contribution in [0.2, 0.25) is 0 Å². The Bertz CT molecular complexity index is 548. The first-order chi connectivity index (χ1) is 7.88. The number of carbonyl (C=O) groups is 1. The predicted molar refractivity (Wildman–Crippen MR) is 63.2 cm³/mol. The van der Waals surface area contributed by atoms with Crippen molar-refractivity contribution in [2.24, 2.45) is 0 Å². The second-order valence-electron chi connectivity index (χ2n) is 3.40. The molecule has 0 aliphatic heterocycles. The molecule has 1 aromatic rings. The molecule has 0 amide bonds. The molecule has 2 N–H and O–H groups in total. The minimum atomic E-state index is -3.58. The molecule has 1 aromatic carbocycles. The Kier molecular flexibility index (Phi) is 4.03. The summed E-state index contributed by atoms with van der Waals surface area (Å²) in [5.74, 6) is -1.14. The highest BCUT2D eigenvalue weighted by molar-refractivity contribution is 7.89. The molecule has 0 unspecified atom stereocenters. The molecule has 92 valence electrons. The van der Waals surface area contributed by atoms with Gasteiger partial charge in [0.15, 0.2) is 0 Å². The lowest BCUT2D eigenvalue weighted by Crippen LogP contribution is -2.20. The first-order valence-electron chi connectivity index (χ1n) is 4.81. The van der Waals surface area contributed by atoms with Crippen LogP contribution in [-0.2, 0) is 21.2 Å². The van der Waals surface area contributed by atoms with Crippen LogP contribution in [0.25, 0.3) is 0 Å². The van der Waals surface area contributed by atoms with E-state index in [9.17, 15) is 13.2 Å². The summed E-state index contributed by atoms with van der Waals surface area (Å²) in [6.45, 7) is 3.38. The molecule has 6 heteroatoms. The van der Waals surface area contributed by atoms with E-state index in [1.165, 1.54) is 13.1 Å². The van der Waals surface area contributed by atoms with Crippen LogP contribution in [0.3, 0.4) is 0 Å². The summed E-state index contributed by atoms with van der Waals surface area (Å²) in [6, 6.07) is 6.23. The van der Waals surface area contributed by atoms with Gasteiger partial charge in [0, 0.05) is 12.0 Å². The quantitative estimate of drug-likeness (QED) is 0.761. The zero-order valence-corrected chi connectivity index (χ0v) is 10.1. The smallest absolute Gasteiger partial charge is 0.331 e. The van der Waals surface area contributed by atoms with E-state index < -0.39 is 16.0 Å². The average molecular weight is 255 g/mol. The normalized spacial score (nSPS) is 11.1. The van der Waals surface area contributed by atoms with E-state index in [1.807, 2.05) is 0 Å². The third-order valence-electron chi connectivity index (χ3n) is 2.24. The lowest BCUT2D eigenvalue weighted by molar-refractivity contribution is -0.132. The van der Waals surface area contributed by atoms with E-state index in [0.29, 0.717) is 5.56 Å². The maximum atomic E-state index is 11.7. The number of carboxylic acid groups (broad SMARTS) is 1. The van der Waals surface area contributed by atoms with Crippen LogP contribution in [0.1, 0.15) is 5.56 Å². The molecule has 0 saturated heterocycles. The Morgan fingerprint density at radius 3 is 2.53 bits per heavy atom. The summed E-state index contributed by atoms with van der Waals surface area (Å²) in [7, 11) is -2.28. The van der Waals surface area contributed by atoms with Crippen LogP contribution in [-0.4, -0.2) is 26.5 Å². The van der Waals surface area contributed by atoms with Crippen LogP contribution < -0.4 is 4.72 Å². The first kappa shape index (κ1) is 13.4. The van der Waals surface area contributed by atoms with E-state index in [1.54, 1.807) is 18.2 Å². The maximum Gasteiger partial charge on any atom is 0.331 e. The third-order valence-corrected chi connectivity index (χ3v) is 3.75. The molecule has 0 aliphatic carbocycles. The van der Waals surface area contributed by atoms with E-state index in [4.69, 9.17) is 5.11 Å². The van der Waals surface area contributed by atoms with E-state index >= 15 is 0 Å². The van der Waals surface area contributed by atoms with Crippen molar-refractivity contribution in [2.45, 2.75) is 11.3 Å². The second-order valence-corrected chi connectivity index (χ2v) is 5.26. The van der Waals surface area contributed by atoms with Gasteiger partial charge in [-0.1, -0.05) is 24.8 Å². The van der Waals surface area contributed by atoms with Crippen molar-refractivity contribution in [3.63, 3.8) is 0 Å². The zero-order chi connectivity index (χ0) is 13.1. The summed E-state index contributed by atoms with van der Waals surface area (Å²) >= 11 is 0.